The van der Waals surface area contributed by atoms with Crippen LogP contribution in [-0.4, -0.2) is 11.7 Å². The van der Waals surface area contributed by atoms with Gasteiger partial charge in [-0.15, -0.1) is 0 Å². The van der Waals surface area contributed by atoms with E-state index in [1.54, 1.807) is 7.11 Å². The zero-order chi connectivity index (χ0) is 13.9. The van der Waals surface area contributed by atoms with E-state index in [1.165, 1.54) is 29.5 Å². The van der Waals surface area contributed by atoms with Crippen LogP contribution in [0.4, 0.5) is 0 Å². The van der Waals surface area contributed by atoms with Crippen LogP contribution in [0.25, 0.3) is 0 Å². The van der Waals surface area contributed by atoms with E-state index in [-0.39, 0.29) is 6.04 Å². The highest BCUT2D eigenvalue weighted by Gasteiger charge is 2.17. The van der Waals surface area contributed by atoms with Crippen molar-refractivity contribution in [3.8, 4) is 5.75 Å². The summed E-state index contributed by atoms with van der Waals surface area (Å²) in [5, 5.41) is 0. The van der Waals surface area contributed by atoms with Crippen LogP contribution in [0.1, 0.15) is 42.0 Å². The number of nitrogens with zero attached hydrogens (tertiary/aromatic N) is 1. The van der Waals surface area contributed by atoms with E-state index in [9.17, 15) is 0 Å². The molecule has 0 saturated carbocycles. The van der Waals surface area contributed by atoms with Crippen molar-refractivity contribution in [3.63, 3.8) is 0 Å². The largest absolute Gasteiger partial charge is 0.497 e. The summed E-state index contributed by atoms with van der Waals surface area (Å²) in [6.07, 6.45) is 9.25. The van der Waals surface area contributed by atoms with Gasteiger partial charge in [0.05, 0.1) is 7.11 Å². The van der Waals surface area contributed by atoms with Crippen LogP contribution in [0.3, 0.4) is 0 Å². The SMILES string of the molecule is COc1cccc(Cn2cc3c(c2)C(N)CCCC3)c1. The maximum Gasteiger partial charge on any atom is 0.119 e. The molecule has 0 radical (unpaired) electrons. The molecule has 1 heterocycles. The second kappa shape index (κ2) is 5.71. The van der Waals surface area contributed by atoms with E-state index in [2.05, 4.69) is 29.1 Å². The Morgan fingerprint density at radius 1 is 1.30 bits per heavy atom. The fraction of sp³-hybridized carbons (Fsp3) is 0.412. The molecule has 0 fully saturated rings. The molecule has 3 rings (SSSR count). The maximum absolute atomic E-state index is 6.27. The van der Waals surface area contributed by atoms with Crippen molar-refractivity contribution >= 4 is 0 Å². The zero-order valence-electron chi connectivity index (χ0n) is 12.0. The minimum absolute atomic E-state index is 0.207. The number of hydrogen-bond donors (Lipinski definition) is 1. The Morgan fingerprint density at radius 2 is 2.20 bits per heavy atom. The predicted molar refractivity (Wildman–Crippen MR) is 81.0 cm³/mol. The molecule has 1 unspecified atom stereocenters. The standard InChI is InChI=1S/C17H22N2O/c1-20-15-7-4-5-13(9-15)10-19-11-14-6-2-3-8-17(18)16(14)12-19/h4-5,7,9,11-12,17H,2-3,6,8,10,18H2,1H3. The van der Waals surface area contributed by atoms with E-state index in [1.807, 2.05) is 12.1 Å². The van der Waals surface area contributed by atoms with Gasteiger partial charge in [0.25, 0.3) is 0 Å². The molecule has 20 heavy (non-hydrogen) atoms. The lowest BCUT2D eigenvalue weighted by atomic mass is 10.1. The van der Waals surface area contributed by atoms with Gasteiger partial charge in [0.15, 0.2) is 0 Å². The summed E-state index contributed by atoms with van der Waals surface area (Å²) >= 11 is 0. The highest BCUT2D eigenvalue weighted by molar-refractivity contribution is 5.32. The van der Waals surface area contributed by atoms with Crippen LogP contribution in [-0.2, 0) is 13.0 Å². The highest BCUT2D eigenvalue weighted by Crippen LogP contribution is 2.28. The highest BCUT2D eigenvalue weighted by atomic mass is 16.5. The molecule has 3 nitrogen and oxygen atoms in total. The third kappa shape index (κ3) is 2.73. The Balaban J connectivity index is 1.83. The molecule has 1 aliphatic rings. The summed E-state index contributed by atoms with van der Waals surface area (Å²) in [4.78, 5) is 0. The van der Waals surface area contributed by atoms with Crippen LogP contribution in [0.15, 0.2) is 36.7 Å². The Labute approximate surface area is 120 Å². The van der Waals surface area contributed by atoms with Gasteiger partial charge < -0.3 is 15.0 Å². The van der Waals surface area contributed by atoms with Gasteiger partial charge in [-0.1, -0.05) is 18.6 Å². The van der Waals surface area contributed by atoms with Crippen LogP contribution in [0.2, 0.25) is 0 Å². The number of nitrogens with two attached hydrogens (primary N) is 1. The molecule has 1 aliphatic carbocycles. The fourth-order valence-electron chi connectivity index (χ4n) is 3.02. The van der Waals surface area contributed by atoms with Crippen molar-refractivity contribution in [3.05, 3.63) is 53.3 Å². The first-order valence-corrected chi connectivity index (χ1v) is 7.33. The molecule has 1 aromatic heterocycles. The average Bonchev–Trinajstić information content (AvgIpc) is 2.78. The Kier molecular flexibility index (Phi) is 3.79. The summed E-state index contributed by atoms with van der Waals surface area (Å²) in [6.45, 7) is 0.872. The summed E-state index contributed by atoms with van der Waals surface area (Å²) in [6, 6.07) is 8.44. The molecule has 0 spiro atoms. The Bertz CT molecular complexity index is 588. The van der Waals surface area contributed by atoms with E-state index < -0.39 is 0 Å². The summed E-state index contributed by atoms with van der Waals surface area (Å²) in [5.41, 5.74) is 10.3. The molecule has 0 amide bonds. The number of aryl methyl sites for hydroxylation is 1. The van der Waals surface area contributed by atoms with Gasteiger partial charge in [0.1, 0.15) is 5.75 Å². The molecule has 0 saturated heterocycles. The smallest absolute Gasteiger partial charge is 0.119 e. The van der Waals surface area contributed by atoms with Gasteiger partial charge in [-0.25, -0.2) is 0 Å². The van der Waals surface area contributed by atoms with Crippen molar-refractivity contribution in [1.82, 2.24) is 4.57 Å². The first-order chi connectivity index (χ1) is 9.76. The normalized spacial score (nSPS) is 18.4. The van der Waals surface area contributed by atoms with Gasteiger partial charge in [-0.05, 0) is 48.1 Å². The molecule has 0 bridgehead atoms. The first kappa shape index (κ1) is 13.3. The number of rotatable bonds is 3. The Morgan fingerprint density at radius 3 is 3.05 bits per heavy atom. The van der Waals surface area contributed by atoms with E-state index in [4.69, 9.17) is 10.5 Å². The van der Waals surface area contributed by atoms with E-state index >= 15 is 0 Å². The quantitative estimate of drug-likeness (QED) is 0.870. The summed E-state index contributed by atoms with van der Waals surface area (Å²) in [5.74, 6) is 0.910. The topological polar surface area (TPSA) is 40.2 Å². The van der Waals surface area contributed by atoms with Gasteiger partial charge in [0.2, 0.25) is 0 Å². The van der Waals surface area contributed by atoms with Crippen molar-refractivity contribution in [1.29, 1.82) is 0 Å². The molecule has 1 atom stereocenters. The van der Waals surface area contributed by atoms with Crippen LogP contribution in [0.5, 0.6) is 5.75 Å². The monoisotopic (exact) mass is 270 g/mol. The molecule has 2 N–H and O–H groups in total. The zero-order valence-corrected chi connectivity index (χ0v) is 12.0. The number of aromatic nitrogens is 1. The number of ether oxygens (including phenoxy) is 1. The fourth-order valence-corrected chi connectivity index (χ4v) is 3.02. The second-order valence-corrected chi connectivity index (χ2v) is 5.61. The van der Waals surface area contributed by atoms with Gasteiger partial charge in [0, 0.05) is 25.0 Å². The first-order valence-electron chi connectivity index (χ1n) is 7.33. The number of hydrogen-bond acceptors (Lipinski definition) is 2. The lowest BCUT2D eigenvalue weighted by molar-refractivity contribution is 0.414. The minimum atomic E-state index is 0.207. The molecule has 1 aromatic carbocycles. The van der Waals surface area contributed by atoms with Crippen LogP contribution >= 0.6 is 0 Å². The lowest BCUT2D eigenvalue weighted by Crippen LogP contribution is -2.09. The predicted octanol–water partition coefficient (Wildman–Crippen LogP) is 3.27. The molecule has 3 heteroatoms. The molecule has 2 aromatic rings. The summed E-state index contributed by atoms with van der Waals surface area (Å²) in [7, 11) is 1.70. The van der Waals surface area contributed by atoms with Gasteiger partial charge in [-0.2, -0.15) is 0 Å². The van der Waals surface area contributed by atoms with Gasteiger partial charge >= 0.3 is 0 Å². The van der Waals surface area contributed by atoms with Crippen LogP contribution in [0, 0.1) is 0 Å². The number of fused-ring (bicyclic) bond motifs is 1. The molecular weight excluding hydrogens is 248 g/mol. The van der Waals surface area contributed by atoms with Crippen molar-refractivity contribution in [2.75, 3.05) is 7.11 Å². The molecule has 106 valence electrons. The van der Waals surface area contributed by atoms with Crippen LogP contribution < -0.4 is 10.5 Å². The molecular formula is C17H22N2O. The Hall–Kier alpha value is -1.74. The third-order valence-corrected chi connectivity index (χ3v) is 4.11. The van der Waals surface area contributed by atoms with Crippen molar-refractivity contribution < 1.29 is 4.74 Å². The number of methoxy groups -OCH3 is 1. The van der Waals surface area contributed by atoms with E-state index in [0.717, 1.165) is 25.1 Å². The average molecular weight is 270 g/mol. The van der Waals surface area contributed by atoms with Crippen molar-refractivity contribution in [2.24, 2.45) is 5.73 Å². The second-order valence-electron chi connectivity index (χ2n) is 5.61. The van der Waals surface area contributed by atoms with Gasteiger partial charge in [-0.3, -0.25) is 0 Å². The van der Waals surface area contributed by atoms with E-state index in [0.29, 0.717) is 0 Å². The third-order valence-electron chi connectivity index (χ3n) is 4.11. The van der Waals surface area contributed by atoms with Crippen molar-refractivity contribution in [2.45, 2.75) is 38.3 Å². The molecule has 0 aliphatic heterocycles. The lowest BCUT2D eigenvalue weighted by Gasteiger charge is -2.08. The maximum atomic E-state index is 6.27. The minimum Gasteiger partial charge on any atom is -0.497 e. The number of benzene rings is 1. The summed E-state index contributed by atoms with van der Waals surface area (Å²) < 4.78 is 7.53.